The lowest BCUT2D eigenvalue weighted by Gasteiger charge is -2.19. The van der Waals surface area contributed by atoms with Crippen molar-refractivity contribution in [3.05, 3.63) is 40.6 Å². The second kappa shape index (κ2) is 12.8. The van der Waals surface area contributed by atoms with Crippen LogP contribution < -0.4 is 15.4 Å². The summed E-state index contributed by atoms with van der Waals surface area (Å²) in [4.78, 5) is 34.4. The van der Waals surface area contributed by atoms with Crippen molar-refractivity contribution < 1.29 is 14.3 Å². The predicted octanol–water partition coefficient (Wildman–Crippen LogP) is 4.24. The van der Waals surface area contributed by atoms with E-state index in [4.69, 9.17) is 4.74 Å². The lowest BCUT2D eigenvalue weighted by atomic mass is 10.2. The quantitative estimate of drug-likeness (QED) is 0.343. The summed E-state index contributed by atoms with van der Waals surface area (Å²) in [5, 5.41) is 6.19. The number of thioether (sulfide) groups is 2. The van der Waals surface area contributed by atoms with Crippen LogP contribution in [0.25, 0.3) is 0 Å². The van der Waals surface area contributed by atoms with Gasteiger partial charge in [-0.1, -0.05) is 30.8 Å². The molecule has 162 valence electrons. The third-order valence-corrected chi connectivity index (χ3v) is 6.26. The van der Waals surface area contributed by atoms with Gasteiger partial charge in [-0.2, -0.15) is 11.8 Å². The zero-order valence-electron chi connectivity index (χ0n) is 17.1. The molecule has 2 amide bonds. The number of carbonyl (C=O) groups is 2. The van der Waals surface area contributed by atoms with Gasteiger partial charge < -0.3 is 15.4 Å². The molecule has 0 bridgehead atoms. The zero-order chi connectivity index (χ0) is 21.9. The van der Waals surface area contributed by atoms with E-state index in [1.54, 1.807) is 43.3 Å². The number of hydrogen-bond acceptors (Lipinski definition) is 7. The Morgan fingerprint density at radius 2 is 2.03 bits per heavy atom. The van der Waals surface area contributed by atoms with Gasteiger partial charge in [0.05, 0.1) is 17.3 Å². The highest BCUT2D eigenvalue weighted by atomic mass is 79.9. The molecule has 7 nitrogen and oxygen atoms in total. The fourth-order valence-corrected chi connectivity index (χ4v) is 3.98. The summed E-state index contributed by atoms with van der Waals surface area (Å²) in [7, 11) is 1.54. The maximum absolute atomic E-state index is 12.9. The molecule has 10 heteroatoms. The van der Waals surface area contributed by atoms with E-state index in [9.17, 15) is 9.59 Å². The van der Waals surface area contributed by atoms with Gasteiger partial charge in [0.2, 0.25) is 5.91 Å². The van der Waals surface area contributed by atoms with E-state index in [0.29, 0.717) is 33.2 Å². The summed E-state index contributed by atoms with van der Waals surface area (Å²) in [6.07, 6.45) is 4.97. The topological polar surface area (TPSA) is 93.2 Å². The van der Waals surface area contributed by atoms with Crippen LogP contribution in [0.15, 0.2) is 40.1 Å². The van der Waals surface area contributed by atoms with E-state index < -0.39 is 11.9 Å². The number of amides is 2. The Labute approximate surface area is 193 Å². The summed E-state index contributed by atoms with van der Waals surface area (Å²) in [5.41, 5.74) is 0.762. The minimum Gasteiger partial charge on any atom is -0.495 e. The molecule has 30 heavy (non-hydrogen) atoms. The number of anilines is 1. The van der Waals surface area contributed by atoms with Gasteiger partial charge in [-0.15, -0.1) is 0 Å². The Balaban J connectivity index is 2.17. The third-order valence-electron chi connectivity index (χ3n) is 3.97. The second-order valence-electron chi connectivity index (χ2n) is 6.19. The Bertz CT molecular complexity index is 870. The van der Waals surface area contributed by atoms with Crippen LogP contribution in [0.2, 0.25) is 0 Å². The molecule has 0 spiro atoms. The van der Waals surface area contributed by atoms with Crippen LogP contribution >= 0.6 is 39.5 Å². The normalized spacial score (nSPS) is 11.6. The van der Waals surface area contributed by atoms with Gasteiger partial charge in [-0.3, -0.25) is 9.59 Å². The van der Waals surface area contributed by atoms with Crippen molar-refractivity contribution >= 4 is 57.0 Å². The number of rotatable bonds is 11. The van der Waals surface area contributed by atoms with Crippen molar-refractivity contribution in [1.82, 2.24) is 15.3 Å². The number of nitrogens with one attached hydrogen (secondary N) is 2. The van der Waals surface area contributed by atoms with Crippen molar-refractivity contribution in [2.45, 2.75) is 31.0 Å². The van der Waals surface area contributed by atoms with E-state index in [0.717, 1.165) is 12.2 Å². The molecular formula is C20H25BrN4O3S2. The first-order valence-corrected chi connectivity index (χ1v) is 12.6. The molecule has 0 aliphatic rings. The lowest BCUT2D eigenvalue weighted by molar-refractivity contribution is -0.118. The number of benzene rings is 1. The first kappa shape index (κ1) is 24.5. The van der Waals surface area contributed by atoms with Crippen LogP contribution in [0.4, 0.5) is 5.69 Å². The van der Waals surface area contributed by atoms with E-state index in [1.165, 1.54) is 11.8 Å². The monoisotopic (exact) mass is 512 g/mol. The SMILES string of the molecule is CCCSc1ncc(Br)c(C(=O)N[C@H](CCSC)C(=O)Nc2ccccc2OC)n1. The van der Waals surface area contributed by atoms with Crippen LogP contribution in [0.5, 0.6) is 5.75 Å². The number of nitrogens with zero attached hydrogens (tertiary/aromatic N) is 2. The summed E-state index contributed by atoms with van der Waals surface area (Å²) >= 11 is 6.43. The third kappa shape index (κ3) is 7.17. The average Bonchev–Trinajstić information content (AvgIpc) is 2.76. The van der Waals surface area contributed by atoms with Crippen molar-refractivity contribution in [2.24, 2.45) is 0 Å². The molecular weight excluding hydrogens is 488 g/mol. The highest BCUT2D eigenvalue weighted by molar-refractivity contribution is 9.10. The van der Waals surface area contributed by atoms with Gasteiger partial charge in [-0.25, -0.2) is 9.97 Å². The molecule has 2 rings (SSSR count). The number of hydrogen-bond donors (Lipinski definition) is 2. The molecule has 0 fully saturated rings. The molecule has 0 saturated carbocycles. The second-order valence-corrected chi connectivity index (χ2v) is 9.10. The number of carbonyl (C=O) groups excluding carboxylic acids is 2. The minimum absolute atomic E-state index is 0.211. The van der Waals surface area contributed by atoms with Crippen molar-refractivity contribution in [2.75, 3.05) is 30.2 Å². The Hall–Kier alpha value is -1.78. The number of halogens is 1. The van der Waals surface area contributed by atoms with E-state index in [2.05, 4.69) is 43.5 Å². The fourth-order valence-electron chi connectivity index (χ4n) is 2.47. The largest absolute Gasteiger partial charge is 0.495 e. The van der Waals surface area contributed by atoms with E-state index in [-0.39, 0.29) is 11.6 Å². The zero-order valence-corrected chi connectivity index (χ0v) is 20.3. The molecule has 1 aromatic carbocycles. The minimum atomic E-state index is -0.719. The molecule has 2 aromatic rings. The van der Waals surface area contributed by atoms with Crippen molar-refractivity contribution in [3.63, 3.8) is 0 Å². The van der Waals surface area contributed by atoms with Crippen LogP contribution in [0.3, 0.4) is 0 Å². The van der Waals surface area contributed by atoms with Gasteiger partial charge in [0.15, 0.2) is 5.16 Å². The molecule has 0 aliphatic heterocycles. The predicted molar refractivity (Wildman–Crippen MR) is 127 cm³/mol. The first-order valence-electron chi connectivity index (χ1n) is 9.39. The van der Waals surface area contributed by atoms with Crippen LogP contribution in [0, 0.1) is 0 Å². The first-order chi connectivity index (χ1) is 14.5. The maximum atomic E-state index is 12.9. The van der Waals surface area contributed by atoms with Gasteiger partial charge >= 0.3 is 0 Å². The molecule has 0 radical (unpaired) electrons. The number of ether oxygens (including phenoxy) is 1. The summed E-state index contributed by atoms with van der Waals surface area (Å²) in [5.74, 6) is 1.39. The highest BCUT2D eigenvalue weighted by Gasteiger charge is 2.24. The van der Waals surface area contributed by atoms with E-state index in [1.807, 2.05) is 12.3 Å². The fraction of sp³-hybridized carbons (Fsp3) is 0.400. The van der Waals surface area contributed by atoms with Gasteiger partial charge in [0.25, 0.3) is 5.91 Å². The molecule has 1 aromatic heterocycles. The summed E-state index contributed by atoms with van der Waals surface area (Å²) in [6, 6.07) is 6.42. The molecule has 0 saturated heterocycles. The lowest BCUT2D eigenvalue weighted by Crippen LogP contribution is -2.44. The van der Waals surface area contributed by atoms with Crippen molar-refractivity contribution in [3.8, 4) is 5.75 Å². The number of aromatic nitrogens is 2. The Morgan fingerprint density at radius 1 is 1.27 bits per heavy atom. The van der Waals surface area contributed by atoms with E-state index >= 15 is 0 Å². The Kier molecular flexibility index (Phi) is 10.5. The molecule has 0 aliphatic carbocycles. The van der Waals surface area contributed by atoms with Crippen LogP contribution in [-0.2, 0) is 4.79 Å². The van der Waals surface area contributed by atoms with Crippen LogP contribution in [0.1, 0.15) is 30.3 Å². The molecule has 1 atom stereocenters. The summed E-state index contributed by atoms with van der Waals surface area (Å²) < 4.78 is 5.77. The molecule has 0 unspecified atom stereocenters. The number of para-hydroxylation sites is 2. The summed E-state index contributed by atoms with van der Waals surface area (Å²) in [6.45, 7) is 2.07. The van der Waals surface area contributed by atoms with Gasteiger partial charge in [0, 0.05) is 11.9 Å². The molecule has 1 heterocycles. The maximum Gasteiger partial charge on any atom is 0.271 e. The van der Waals surface area contributed by atoms with Crippen molar-refractivity contribution in [1.29, 1.82) is 0 Å². The average molecular weight is 513 g/mol. The Morgan fingerprint density at radius 3 is 2.73 bits per heavy atom. The smallest absolute Gasteiger partial charge is 0.271 e. The number of methoxy groups -OCH3 is 1. The molecule has 2 N–H and O–H groups in total. The van der Waals surface area contributed by atoms with Gasteiger partial charge in [-0.05, 0) is 52.9 Å². The highest BCUT2D eigenvalue weighted by Crippen LogP contribution is 2.24. The van der Waals surface area contributed by atoms with Crippen LogP contribution in [-0.4, -0.2) is 52.7 Å². The van der Waals surface area contributed by atoms with Gasteiger partial charge in [0.1, 0.15) is 17.5 Å². The standard InChI is InChI=1S/C20H25BrN4O3S2/c1-4-10-30-20-22-12-13(21)17(25-20)19(27)24-15(9-11-29-3)18(26)23-14-7-5-6-8-16(14)28-2/h5-8,12,15H,4,9-11H2,1-3H3,(H,23,26)(H,24,27)/t15-/m1/s1.